The highest BCUT2D eigenvalue weighted by Crippen LogP contribution is 2.41. The molecule has 200 valence electrons. The van der Waals surface area contributed by atoms with Gasteiger partial charge in [-0.2, -0.15) is 5.26 Å². The highest BCUT2D eigenvalue weighted by atomic mass is 16.5. The van der Waals surface area contributed by atoms with Crippen molar-refractivity contribution in [2.45, 2.75) is 128 Å². The molecular formula is C34H47NO2. The number of ether oxygens (including phenoxy) is 1. The van der Waals surface area contributed by atoms with Gasteiger partial charge in [0.1, 0.15) is 11.8 Å². The Balaban J connectivity index is 1.74. The van der Waals surface area contributed by atoms with Crippen molar-refractivity contribution in [3.63, 3.8) is 0 Å². The van der Waals surface area contributed by atoms with Gasteiger partial charge in [-0.3, -0.25) is 4.79 Å². The number of rotatable bonds is 14. The zero-order valence-corrected chi connectivity index (χ0v) is 23.5. The zero-order chi connectivity index (χ0) is 26.5. The molecule has 0 bridgehead atoms. The lowest BCUT2D eigenvalue weighted by atomic mass is 9.69. The first-order valence-corrected chi connectivity index (χ1v) is 14.9. The number of hydrogen-bond donors (Lipinski definition) is 0. The topological polar surface area (TPSA) is 50.1 Å². The van der Waals surface area contributed by atoms with Crippen LogP contribution in [0.1, 0.15) is 139 Å². The quantitative estimate of drug-likeness (QED) is 0.147. The standard InChI is InChI=1S/C34H47NO2/c1-4-6-8-11-15-27(3)29-19-22-32(30(25-29)26-35)37-33(36)34(23-13-10-14-24-34)31-20-17-28(18-21-31)16-12-9-7-5-2/h17-22,25,27H,4-16,23-24H2,1-3H3. The minimum atomic E-state index is -0.628. The number of carbonyl (C=O) groups excluding carboxylic acids is 1. The van der Waals surface area contributed by atoms with Crippen molar-refractivity contribution in [3.8, 4) is 11.8 Å². The first kappa shape index (κ1) is 29.0. The van der Waals surface area contributed by atoms with E-state index in [4.69, 9.17) is 4.74 Å². The van der Waals surface area contributed by atoms with Crippen molar-refractivity contribution in [1.29, 1.82) is 5.26 Å². The van der Waals surface area contributed by atoms with Gasteiger partial charge in [0.25, 0.3) is 0 Å². The third-order valence-corrected chi connectivity index (χ3v) is 8.31. The predicted octanol–water partition coefficient (Wildman–Crippen LogP) is 9.56. The van der Waals surface area contributed by atoms with Crippen LogP contribution in [0.2, 0.25) is 0 Å². The van der Waals surface area contributed by atoms with Crippen LogP contribution < -0.4 is 4.74 Å². The molecule has 0 aliphatic heterocycles. The highest BCUT2D eigenvalue weighted by Gasteiger charge is 2.43. The minimum absolute atomic E-state index is 0.209. The maximum Gasteiger partial charge on any atom is 0.321 e. The first-order chi connectivity index (χ1) is 18.0. The smallest absolute Gasteiger partial charge is 0.321 e. The monoisotopic (exact) mass is 501 g/mol. The number of unbranched alkanes of at least 4 members (excludes halogenated alkanes) is 6. The predicted molar refractivity (Wildman–Crippen MR) is 153 cm³/mol. The van der Waals surface area contributed by atoms with Gasteiger partial charge in [-0.15, -0.1) is 0 Å². The first-order valence-electron chi connectivity index (χ1n) is 14.9. The summed E-state index contributed by atoms with van der Waals surface area (Å²) in [6.45, 7) is 6.69. The van der Waals surface area contributed by atoms with Gasteiger partial charge in [-0.05, 0) is 66.8 Å². The molecule has 1 unspecified atom stereocenters. The Morgan fingerprint density at radius 2 is 1.59 bits per heavy atom. The molecule has 0 N–H and O–H groups in total. The summed E-state index contributed by atoms with van der Waals surface area (Å²) in [5.74, 6) is 0.575. The third-order valence-electron chi connectivity index (χ3n) is 8.31. The van der Waals surface area contributed by atoms with Gasteiger partial charge in [0, 0.05) is 0 Å². The molecule has 3 heteroatoms. The molecule has 1 aliphatic carbocycles. The molecule has 3 nitrogen and oxygen atoms in total. The van der Waals surface area contributed by atoms with Crippen LogP contribution in [0, 0.1) is 11.3 Å². The Bertz CT molecular complexity index is 1010. The number of carbonyl (C=O) groups is 1. The summed E-state index contributed by atoms with van der Waals surface area (Å²) in [7, 11) is 0. The van der Waals surface area contributed by atoms with Crippen molar-refractivity contribution < 1.29 is 9.53 Å². The summed E-state index contributed by atoms with van der Waals surface area (Å²) in [6.07, 6.45) is 17.0. The molecule has 0 radical (unpaired) electrons. The number of hydrogen-bond acceptors (Lipinski definition) is 3. The zero-order valence-electron chi connectivity index (χ0n) is 23.5. The van der Waals surface area contributed by atoms with Crippen molar-refractivity contribution in [2.75, 3.05) is 0 Å². The fraction of sp³-hybridized carbons (Fsp3) is 0.588. The molecule has 2 aromatic rings. The van der Waals surface area contributed by atoms with Gasteiger partial charge in [-0.25, -0.2) is 0 Å². The van der Waals surface area contributed by atoms with Crippen LogP contribution in [0.5, 0.6) is 5.75 Å². The van der Waals surface area contributed by atoms with Crippen LogP contribution in [-0.2, 0) is 16.6 Å². The molecule has 1 atom stereocenters. The lowest BCUT2D eigenvalue weighted by molar-refractivity contribution is -0.142. The molecule has 0 saturated heterocycles. The van der Waals surface area contributed by atoms with E-state index in [0.717, 1.165) is 56.1 Å². The van der Waals surface area contributed by atoms with Crippen molar-refractivity contribution in [2.24, 2.45) is 0 Å². The number of esters is 1. The second-order valence-electron chi connectivity index (χ2n) is 11.2. The fourth-order valence-corrected chi connectivity index (χ4v) is 5.78. The molecule has 1 fully saturated rings. The van der Waals surface area contributed by atoms with Crippen molar-refractivity contribution >= 4 is 5.97 Å². The van der Waals surface area contributed by atoms with Gasteiger partial charge < -0.3 is 4.74 Å². The van der Waals surface area contributed by atoms with Gasteiger partial charge in [0.05, 0.1) is 11.0 Å². The van der Waals surface area contributed by atoms with E-state index in [1.807, 2.05) is 18.2 Å². The second-order valence-corrected chi connectivity index (χ2v) is 11.2. The fourth-order valence-electron chi connectivity index (χ4n) is 5.78. The van der Waals surface area contributed by atoms with Gasteiger partial charge in [0.2, 0.25) is 0 Å². The lowest BCUT2D eigenvalue weighted by Gasteiger charge is -2.35. The van der Waals surface area contributed by atoms with E-state index in [9.17, 15) is 10.1 Å². The maximum absolute atomic E-state index is 13.8. The Labute approximate surface area is 225 Å². The van der Waals surface area contributed by atoms with E-state index in [1.54, 1.807) is 0 Å². The Morgan fingerprint density at radius 3 is 2.24 bits per heavy atom. The lowest BCUT2D eigenvalue weighted by Crippen LogP contribution is -2.41. The summed E-state index contributed by atoms with van der Waals surface area (Å²) in [5.41, 5.74) is 3.38. The highest BCUT2D eigenvalue weighted by molar-refractivity contribution is 5.85. The molecule has 1 aliphatic rings. The summed E-state index contributed by atoms with van der Waals surface area (Å²) in [5, 5.41) is 9.87. The normalized spacial score (nSPS) is 15.6. The van der Waals surface area contributed by atoms with Crippen LogP contribution in [0.3, 0.4) is 0 Å². The summed E-state index contributed by atoms with van der Waals surface area (Å²) < 4.78 is 6.04. The number of nitriles is 1. The minimum Gasteiger partial charge on any atom is -0.424 e. The average molecular weight is 502 g/mol. The summed E-state index contributed by atoms with van der Waals surface area (Å²) in [6, 6.07) is 16.8. The van der Waals surface area contributed by atoms with Gasteiger partial charge in [-0.1, -0.05) is 115 Å². The molecule has 0 amide bonds. The Hall–Kier alpha value is -2.60. The van der Waals surface area contributed by atoms with Crippen LogP contribution in [0.15, 0.2) is 42.5 Å². The molecular weight excluding hydrogens is 454 g/mol. The van der Waals surface area contributed by atoms with E-state index in [2.05, 4.69) is 51.1 Å². The second kappa shape index (κ2) is 15.0. The van der Waals surface area contributed by atoms with Gasteiger partial charge in [0.15, 0.2) is 0 Å². The molecule has 0 spiro atoms. The van der Waals surface area contributed by atoms with Crippen LogP contribution >= 0.6 is 0 Å². The molecule has 0 heterocycles. The van der Waals surface area contributed by atoms with Crippen LogP contribution in [0.25, 0.3) is 0 Å². The number of nitrogens with zero attached hydrogens (tertiary/aromatic N) is 1. The van der Waals surface area contributed by atoms with Crippen molar-refractivity contribution in [3.05, 3.63) is 64.7 Å². The molecule has 37 heavy (non-hydrogen) atoms. The number of aryl methyl sites for hydroxylation is 1. The average Bonchev–Trinajstić information content (AvgIpc) is 2.94. The maximum atomic E-state index is 13.8. The SMILES string of the molecule is CCCCCCc1ccc(C2(C(=O)Oc3ccc(C(C)CCCCCC)cc3C#N)CCCCC2)cc1. The summed E-state index contributed by atoms with van der Waals surface area (Å²) in [4.78, 5) is 13.8. The third kappa shape index (κ3) is 7.94. The van der Waals surface area contributed by atoms with E-state index in [1.165, 1.54) is 56.9 Å². The molecule has 3 rings (SSSR count). The van der Waals surface area contributed by atoms with E-state index < -0.39 is 5.41 Å². The van der Waals surface area contributed by atoms with E-state index in [-0.39, 0.29) is 5.97 Å². The molecule has 2 aromatic carbocycles. The van der Waals surface area contributed by atoms with Crippen LogP contribution in [-0.4, -0.2) is 5.97 Å². The Kier molecular flexibility index (Phi) is 11.7. The molecule has 1 saturated carbocycles. The van der Waals surface area contributed by atoms with E-state index in [0.29, 0.717) is 17.2 Å². The van der Waals surface area contributed by atoms with Crippen molar-refractivity contribution in [1.82, 2.24) is 0 Å². The summed E-state index contributed by atoms with van der Waals surface area (Å²) >= 11 is 0. The molecule has 0 aromatic heterocycles. The number of benzene rings is 2. The Morgan fingerprint density at radius 1 is 0.919 bits per heavy atom. The largest absolute Gasteiger partial charge is 0.424 e. The van der Waals surface area contributed by atoms with Crippen LogP contribution in [0.4, 0.5) is 0 Å². The van der Waals surface area contributed by atoms with E-state index >= 15 is 0 Å². The van der Waals surface area contributed by atoms with Gasteiger partial charge >= 0.3 is 5.97 Å².